The molecule has 0 aliphatic carbocycles. The first-order valence-corrected chi connectivity index (χ1v) is 10.7. The van der Waals surface area contributed by atoms with E-state index in [1.165, 1.54) is 11.8 Å². The molecule has 0 spiro atoms. The molecule has 1 aromatic heterocycles. The Morgan fingerprint density at radius 1 is 1.03 bits per heavy atom. The average Bonchev–Trinajstić information content (AvgIpc) is 3.15. The van der Waals surface area contributed by atoms with Crippen LogP contribution in [0.4, 0.5) is 0 Å². The molecular formula is C21H26N4O3S. The zero-order valence-corrected chi connectivity index (χ0v) is 18.1. The van der Waals surface area contributed by atoms with Crippen LogP contribution in [0.15, 0.2) is 34.3 Å². The van der Waals surface area contributed by atoms with Crippen molar-refractivity contribution in [3.8, 4) is 5.75 Å². The molecule has 0 saturated heterocycles. The van der Waals surface area contributed by atoms with Crippen molar-refractivity contribution in [2.45, 2.75) is 58.0 Å². The average molecular weight is 415 g/mol. The summed E-state index contributed by atoms with van der Waals surface area (Å²) >= 11 is 1.29. The van der Waals surface area contributed by atoms with E-state index in [9.17, 15) is 9.59 Å². The SMILES string of the molecule is CCCC(=O)C1=C(c2ccc(OC)cc2)N(C(=O)CCC)n2c(CC)nnc2S1. The molecule has 1 amide bonds. The number of rotatable bonds is 8. The van der Waals surface area contributed by atoms with Gasteiger partial charge >= 0.3 is 0 Å². The summed E-state index contributed by atoms with van der Waals surface area (Å²) in [5.74, 6) is 1.32. The van der Waals surface area contributed by atoms with Gasteiger partial charge in [0.05, 0.1) is 17.7 Å². The van der Waals surface area contributed by atoms with Gasteiger partial charge in [0.2, 0.25) is 11.1 Å². The van der Waals surface area contributed by atoms with Crippen LogP contribution in [0.1, 0.15) is 57.8 Å². The van der Waals surface area contributed by atoms with E-state index in [2.05, 4.69) is 10.2 Å². The molecule has 0 N–H and O–H groups in total. The summed E-state index contributed by atoms with van der Waals surface area (Å²) in [5.41, 5.74) is 1.38. The lowest BCUT2D eigenvalue weighted by atomic mass is 10.1. The number of allylic oxidation sites excluding steroid dienone is 1. The van der Waals surface area contributed by atoms with Crippen LogP contribution in [0.5, 0.6) is 5.75 Å². The van der Waals surface area contributed by atoms with Gasteiger partial charge in [0, 0.05) is 24.8 Å². The number of carbonyl (C=O) groups is 2. The number of carbonyl (C=O) groups excluding carboxylic acids is 2. The number of methoxy groups -OCH3 is 1. The lowest BCUT2D eigenvalue weighted by Gasteiger charge is -2.33. The highest BCUT2D eigenvalue weighted by Crippen LogP contribution is 2.41. The molecule has 0 saturated carbocycles. The minimum absolute atomic E-state index is 0.00455. The van der Waals surface area contributed by atoms with Crippen molar-refractivity contribution in [3.63, 3.8) is 0 Å². The maximum atomic E-state index is 13.2. The van der Waals surface area contributed by atoms with Crippen molar-refractivity contribution >= 4 is 29.1 Å². The van der Waals surface area contributed by atoms with Crippen LogP contribution in [0, 0.1) is 0 Å². The van der Waals surface area contributed by atoms with E-state index in [0.29, 0.717) is 53.0 Å². The number of aromatic nitrogens is 3. The lowest BCUT2D eigenvalue weighted by Crippen LogP contribution is -2.43. The van der Waals surface area contributed by atoms with E-state index in [4.69, 9.17) is 4.74 Å². The number of ether oxygens (including phenoxy) is 1. The Bertz CT molecular complexity index is 934. The van der Waals surface area contributed by atoms with E-state index in [1.807, 2.05) is 45.0 Å². The van der Waals surface area contributed by atoms with E-state index < -0.39 is 0 Å². The second-order valence-corrected chi connectivity index (χ2v) is 7.68. The number of ketones is 1. The number of aryl methyl sites for hydroxylation is 1. The van der Waals surface area contributed by atoms with Gasteiger partial charge in [-0.15, -0.1) is 10.2 Å². The van der Waals surface area contributed by atoms with Gasteiger partial charge in [0.25, 0.3) is 0 Å². The summed E-state index contributed by atoms with van der Waals surface area (Å²) in [6, 6.07) is 7.42. The minimum Gasteiger partial charge on any atom is -0.497 e. The van der Waals surface area contributed by atoms with E-state index >= 15 is 0 Å². The number of Topliss-reactive ketones (excluding diaryl/α,β-unsaturated/α-hetero) is 1. The van der Waals surface area contributed by atoms with Crippen molar-refractivity contribution in [1.29, 1.82) is 0 Å². The number of thioether (sulfide) groups is 1. The molecule has 1 aromatic carbocycles. The molecule has 0 bridgehead atoms. The van der Waals surface area contributed by atoms with Crippen LogP contribution < -0.4 is 9.75 Å². The van der Waals surface area contributed by atoms with E-state index in [-0.39, 0.29) is 11.7 Å². The third-order valence-corrected chi connectivity index (χ3v) is 5.67. The molecule has 2 heterocycles. The van der Waals surface area contributed by atoms with Crippen molar-refractivity contribution < 1.29 is 14.3 Å². The first-order valence-electron chi connectivity index (χ1n) is 9.92. The molecular weight excluding hydrogens is 388 g/mol. The molecule has 0 atom stereocenters. The van der Waals surface area contributed by atoms with E-state index in [0.717, 1.165) is 12.0 Å². The van der Waals surface area contributed by atoms with Crippen LogP contribution in [0.25, 0.3) is 5.70 Å². The molecule has 154 valence electrons. The molecule has 8 heteroatoms. The highest BCUT2D eigenvalue weighted by atomic mass is 32.2. The largest absolute Gasteiger partial charge is 0.497 e. The molecule has 0 radical (unpaired) electrons. The molecule has 2 aromatic rings. The van der Waals surface area contributed by atoms with Crippen molar-refractivity contribution in [2.24, 2.45) is 0 Å². The Morgan fingerprint density at radius 2 is 1.72 bits per heavy atom. The summed E-state index contributed by atoms with van der Waals surface area (Å²) in [6.45, 7) is 5.90. The monoisotopic (exact) mass is 414 g/mol. The minimum atomic E-state index is -0.0869. The van der Waals surface area contributed by atoms with Crippen LogP contribution in [-0.4, -0.2) is 33.7 Å². The predicted molar refractivity (Wildman–Crippen MR) is 113 cm³/mol. The molecule has 0 unspecified atom stereocenters. The fourth-order valence-electron chi connectivity index (χ4n) is 3.20. The number of benzene rings is 1. The molecule has 3 rings (SSSR count). The highest BCUT2D eigenvalue weighted by molar-refractivity contribution is 8.04. The molecule has 1 aliphatic heterocycles. The number of hydrogen-bond acceptors (Lipinski definition) is 6. The van der Waals surface area contributed by atoms with Gasteiger partial charge in [-0.2, -0.15) is 0 Å². The molecule has 0 fully saturated rings. The predicted octanol–water partition coefficient (Wildman–Crippen LogP) is 3.96. The second kappa shape index (κ2) is 9.26. The van der Waals surface area contributed by atoms with Crippen molar-refractivity contribution in [2.75, 3.05) is 12.1 Å². The standard InChI is InChI=1S/C21H26N4O3S/c1-5-8-16(26)20-19(14-10-12-15(28-4)13-11-14)25(18(27)9-6-2)24-17(7-3)22-23-21(24)29-20/h10-13H,5-9H2,1-4H3. The second-order valence-electron chi connectivity index (χ2n) is 6.70. The van der Waals surface area contributed by atoms with Crippen LogP contribution in [0.2, 0.25) is 0 Å². The maximum Gasteiger partial charge on any atom is 0.246 e. The molecule has 7 nitrogen and oxygen atoms in total. The quantitative estimate of drug-likeness (QED) is 0.651. The first-order chi connectivity index (χ1) is 14.0. The Hall–Kier alpha value is -2.61. The number of amides is 1. The fourth-order valence-corrected chi connectivity index (χ4v) is 4.26. The van der Waals surface area contributed by atoms with E-state index in [1.54, 1.807) is 16.8 Å². The third-order valence-electron chi connectivity index (χ3n) is 4.61. The van der Waals surface area contributed by atoms with Gasteiger partial charge in [-0.25, -0.2) is 9.69 Å². The summed E-state index contributed by atoms with van der Waals surface area (Å²) in [7, 11) is 1.61. The normalized spacial score (nSPS) is 13.4. The van der Waals surface area contributed by atoms with Crippen LogP contribution >= 0.6 is 11.8 Å². The zero-order chi connectivity index (χ0) is 21.0. The summed E-state index contributed by atoms with van der Waals surface area (Å²) in [6.07, 6.45) is 2.83. The van der Waals surface area contributed by atoms with Gasteiger partial charge in [-0.05, 0) is 48.9 Å². The molecule has 29 heavy (non-hydrogen) atoms. The summed E-state index contributed by atoms with van der Waals surface area (Å²) < 4.78 is 7.02. The lowest BCUT2D eigenvalue weighted by molar-refractivity contribution is -0.119. The summed E-state index contributed by atoms with van der Waals surface area (Å²) in [4.78, 5) is 26.8. The Morgan fingerprint density at radius 3 is 2.31 bits per heavy atom. The highest BCUT2D eigenvalue weighted by Gasteiger charge is 2.36. The summed E-state index contributed by atoms with van der Waals surface area (Å²) in [5, 5.41) is 10.6. The number of fused-ring (bicyclic) bond motifs is 1. The van der Waals surface area contributed by atoms with Gasteiger partial charge < -0.3 is 4.74 Å². The Balaban J connectivity index is 2.24. The number of hydrogen-bond donors (Lipinski definition) is 0. The zero-order valence-electron chi connectivity index (χ0n) is 17.3. The van der Waals surface area contributed by atoms with Gasteiger partial charge in [-0.1, -0.05) is 20.8 Å². The van der Waals surface area contributed by atoms with Crippen molar-refractivity contribution in [1.82, 2.24) is 14.9 Å². The van der Waals surface area contributed by atoms with Crippen LogP contribution in [-0.2, 0) is 16.0 Å². The molecule has 1 aliphatic rings. The van der Waals surface area contributed by atoms with Gasteiger partial charge in [-0.3, -0.25) is 9.59 Å². The Kier molecular flexibility index (Phi) is 6.74. The Labute approximate surface area is 175 Å². The maximum absolute atomic E-state index is 13.2. The third kappa shape index (κ3) is 4.07. The smallest absolute Gasteiger partial charge is 0.246 e. The topological polar surface area (TPSA) is 77.3 Å². The first kappa shape index (κ1) is 21.1. The number of nitrogens with zero attached hydrogens (tertiary/aromatic N) is 4. The van der Waals surface area contributed by atoms with Gasteiger partial charge in [0.1, 0.15) is 5.75 Å². The van der Waals surface area contributed by atoms with Crippen LogP contribution in [0.3, 0.4) is 0 Å². The van der Waals surface area contributed by atoms with Gasteiger partial charge in [0.15, 0.2) is 11.6 Å². The fraction of sp³-hybridized carbons (Fsp3) is 0.429. The van der Waals surface area contributed by atoms with Crippen molar-refractivity contribution in [3.05, 3.63) is 40.6 Å².